The Labute approximate surface area is 131 Å². The van der Waals surface area contributed by atoms with Gasteiger partial charge in [0.25, 0.3) is 0 Å². The van der Waals surface area contributed by atoms with Gasteiger partial charge in [0.15, 0.2) is 0 Å². The molecule has 0 aliphatic rings. The summed E-state index contributed by atoms with van der Waals surface area (Å²) < 4.78 is 5.90. The number of aromatic nitrogens is 1. The van der Waals surface area contributed by atoms with Crippen molar-refractivity contribution in [1.82, 2.24) is 10.3 Å². The van der Waals surface area contributed by atoms with Crippen LogP contribution in [0.4, 0.5) is 0 Å². The Balaban J connectivity index is 2.10. The molecule has 0 unspecified atom stereocenters. The Hall–Kier alpha value is -1.58. The molecule has 0 radical (unpaired) electrons. The van der Waals surface area contributed by atoms with Gasteiger partial charge in [-0.15, -0.1) is 0 Å². The number of aryl methyl sites for hydroxylation is 1. The van der Waals surface area contributed by atoms with Crippen LogP contribution in [0.2, 0.25) is 5.02 Å². The minimum atomic E-state index is 0.430. The van der Waals surface area contributed by atoms with Crippen LogP contribution in [0.5, 0.6) is 11.5 Å². The highest BCUT2D eigenvalue weighted by Crippen LogP contribution is 2.26. The van der Waals surface area contributed by atoms with Crippen molar-refractivity contribution in [2.24, 2.45) is 0 Å². The Morgan fingerprint density at radius 1 is 1.19 bits per heavy atom. The third-order valence-electron chi connectivity index (χ3n) is 3.11. The second-order valence-corrected chi connectivity index (χ2v) is 5.63. The van der Waals surface area contributed by atoms with Gasteiger partial charge in [-0.3, -0.25) is 4.98 Å². The fourth-order valence-electron chi connectivity index (χ4n) is 1.95. The van der Waals surface area contributed by atoms with Gasteiger partial charge in [0.05, 0.1) is 5.69 Å². The molecular weight excluding hydrogens is 284 g/mol. The van der Waals surface area contributed by atoms with Crippen molar-refractivity contribution < 1.29 is 4.74 Å². The van der Waals surface area contributed by atoms with Crippen LogP contribution in [0, 0.1) is 0 Å². The topological polar surface area (TPSA) is 34.1 Å². The van der Waals surface area contributed by atoms with E-state index in [0.717, 1.165) is 40.7 Å². The van der Waals surface area contributed by atoms with E-state index in [1.165, 1.54) is 0 Å². The third kappa shape index (κ3) is 4.73. The van der Waals surface area contributed by atoms with E-state index < -0.39 is 0 Å². The molecule has 0 fully saturated rings. The smallest absolute Gasteiger partial charge is 0.130 e. The largest absolute Gasteiger partial charge is 0.457 e. The van der Waals surface area contributed by atoms with Crippen LogP contribution in [0.1, 0.15) is 32.0 Å². The number of nitrogens with zero attached hydrogens (tertiary/aromatic N) is 1. The van der Waals surface area contributed by atoms with Crippen molar-refractivity contribution in [2.75, 3.05) is 0 Å². The highest BCUT2D eigenvalue weighted by molar-refractivity contribution is 6.31. The van der Waals surface area contributed by atoms with Gasteiger partial charge >= 0.3 is 0 Å². The van der Waals surface area contributed by atoms with E-state index in [0.29, 0.717) is 6.04 Å². The van der Waals surface area contributed by atoms with Crippen molar-refractivity contribution in [3.63, 3.8) is 0 Å². The Morgan fingerprint density at radius 2 is 1.95 bits per heavy atom. The molecule has 2 aromatic rings. The molecule has 0 bridgehead atoms. The van der Waals surface area contributed by atoms with E-state index in [9.17, 15) is 0 Å². The highest BCUT2D eigenvalue weighted by atomic mass is 35.5. The summed E-state index contributed by atoms with van der Waals surface area (Å²) in [7, 11) is 0. The second kappa shape index (κ2) is 7.43. The number of hydrogen-bond acceptors (Lipinski definition) is 3. The van der Waals surface area contributed by atoms with E-state index in [2.05, 4.69) is 31.1 Å². The fraction of sp³-hybridized carbons (Fsp3) is 0.353. The molecule has 0 amide bonds. The lowest BCUT2D eigenvalue weighted by Gasteiger charge is -2.11. The Bertz CT molecular complexity index is 599. The molecule has 0 spiro atoms. The van der Waals surface area contributed by atoms with Crippen LogP contribution in [0.15, 0.2) is 36.5 Å². The summed E-state index contributed by atoms with van der Waals surface area (Å²) in [6.45, 7) is 7.03. The molecule has 2 rings (SSSR count). The summed E-state index contributed by atoms with van der Waals surface area (Å²) >= 11 is 6.12. The molecule has 1 N–H and O–H groups in total. The van der Waals surface area contributed by atoms with Gasteiger partial charge in [-0.1, -0.05) is 32.4 Å². The Kier molecular flexibility index (Phi) is 5.59. The van der Waals surface area contributed by atoms with Crippen LogP contribution >= 0.6 is 11.6 Å². The lowest BCUT2D eigenvalue weighted by molar-refractivity contribution is 0.479. The summed E-state index contributed by atoms with van der Waals surface area (Å²) in [4.78, 5) is 4.34. The van der Waals surface area contributed by atoms with Crippen LogP contribution in [0.3, 0.4) is 0 Å². The average molecular weight is 305 g/mol. The van der Waals surface area contributed by atoms with Crippen LogP contribution in [-0.4, -0.2) is 11.0 Å². The van der Waals surface area contributed by atoms with Gasteiger partial charge < -0.3 is 10.1 Å². The minimum absolute atomic E-state index is 0.430. The summed E-state index contributed by atoms with van der Waals surface area (Å²) in [6, 6.07) is 9.98. The van der Waals surface area contributed by atoms with Gasteiger partial charge in [-0.05, 0) is 36.2 Å². The molecule has 3 nitrogen and oxygen atoms in total. The summed E-state index contributed by atoms with van der Waals surface area (Å²) in [5, 5.41) is 4.12. The lowest BCUT2D eigenvalue weighted by Crippen LogP contribution is -2.22. The zero-order valence-electron chi connectivity index (χ0n) is 12.7. The standard InChI is InChI=1S/C17H21ClN2O/c1-4-13-9-15(5-6-17(13)18)21-16-7-8-19-14(10-16)11-20-12(2)3/h5-10,12,20H,4,11H2,1-3H3. The predicted molar refractivity (Wildman–Crippen MR) is 87.1 cm³/mol. The van der Waals surface area contributed by atoms with Crippen molar-refractivity contribution in [1.29, 1.82) is 0 Å². The average Bonchev–Trinajstić information content (AvgIpc) is 2.47. The van der Waals surface area contributed by atoms with Crippen LogP contribution in [-0.2, 0) is 13.0 Å². The van der Waals surface area contributed by atoms with E-state index in [-0.39, 0.29) is 0 Å². The SMILES string of the molecule is CCc1cc(Oc2ccnc(CNC(C)C)c2)ccc1Cl. The van der Waals surface area contributed by atoms with E-state index >= 15 is 0 Å². The molecule has 0 saturated carbocycles. The van der Waals surface area contributed by atoms with Crippen LogP contribution < -0.4 is 10.1 Å². The zero-order valence-corrected chi connectivity index (χ0v) is 13.4. The van der Waals surface area contributed by atoms with Crippen molar-refractivity contribution >= 4 is 11.6 Å². The van der Waals surface area contributed by atoms with Gasteiger partial charge in [0.1, 0.15) is 11.5 Å². The predicted octanol–water partition coefficient (Wildman–Crippen LogP) is 4.59. The molecular formula is C17H21ClN2O. The molecule has 21 heavy (non-hydrogen) atoms. The molecule has 1 heterocycles. The zero-order chi connectivity index (χ0) is 15.2. The van der Waals surface area contributed by atoms with Crippen molar-refractivity contribution in [3.8, 4) is 11.5 Å². The first-order chi connectivity index (χ1) is 10.1. The normalized spacial score (nSPS) is 10.9. The second-order valence-electron chi connectivity index (χ2n) is 5.23. The fourth-order valence-corrected chi connectivity index (χ4v) is 2.20. The van der Waals surface area contributed by atoms with Gasteiger partial charge in [-0.2, -0.15) is 0 Å². The molecule has 0 aliphatic carbocycles. The lowest BCUT2D eigenvalue weighted by atomic mass is 10.1. The van der Waals surface area contributed by atoms with Crippen molar-refractivity contribution in [3.05, 3.63) is 52.8 Å². The molecule has 0 aliphatic heterocycles. The number of nitrogens with one attached hydrogen (secondary N) is 1. The molecule has 112 valence electrons. The minimum Gasteiger partial charge on any atom is -0.457 e. The van der Waals surface area contributed by atoms with Crippen LogP contribution in [0.25, 0.3) is 0 Å². The summed E-state index contributed by atoms with van der Waals surface area (Å²) in [5.74, 6) is 1.58. The maximum absolute atomic E-state index is 6.12. The quantitative estimate of drug-likeness (QED) is 0.847. The van der Waals surface area contributed by atoms with Gasteiger partial charge in [0.2, 0.25) is 0 Å². The van der Waals surface area contributed by atoms with E-state index in [1.807, 2.05) is 30.3 Å². The summed E-state index contributed by atoms with van der Waals surface area (Å²) in [5.41, 5.74) is 2.05. The first-order valence-electron chi connectivity index (χ1n) is 7.23. The monoisotopic (exact) mass is 304 g/mol. The summed E-state index contributed by atoms with van der Waals surface area (Å²) in [6.07, 6.45) is 2.65. The molecule has 0 saturated heterocycles. The van der Waals surface area contributed by atoms with Gasteiger partial charge in [0, 0.05) is 29.9 Å². The van der Waals surface area contributed by atoms with Gasteiger partial charge in [-0.25, -0.2) is 0 Å². The maximum Gasteiger partial charge on any atom is 0.130 e. The maximum atomic E-state index is 6.12. The number of hydrogen-bond donors (Lipinski definition) is 1. The van der Waals surface area contributed by atoms with E-state index in [1.54, 1.807) is 6.20 Å². The number of halogens is 1. The number of pyridine rings is 1. The number of ether oxygens (including phenoxy) is 1. The first-order valence-corrected chi connectivity index (χ1v) is 7.61. The van der Waals surface area contributed by atoms with E-state index in [4.69, 9.17) is 16.3 Å². The number of benzene rings is 1. The molecule has 4 heteroatoms. The number of rotatable bonds is 6. The molecule has 1 aromatic heterocycles. The first kappa shape index (κ1) is 15.8. The Morgan fingerprint density at radius 3 is 2.67 bits per heavy atom. The molecule has 1 aromatic carbocycles. The highest BCUT2D eigenvalue weighted by Gasteiger charge is 2.04. The third-order valence-corrected chi connectivity index (χ3v) is 3.48. The van der Waals surface area contributed by atoms with Crippen molar-refractivity contribution in [2.45, 2.75) is 39.8 Å². The molecule has 0 atom stereocenters.